The lowest BCUT2D eigenvalue weighted by atomic mass is 10.2. The number of thioether (sulfide) groups is 1. The van der Waals surface area contributed by atoms with Gasteiger partial charge < -0.3 is 10.1 Å². The molecule has 8 heteroatoms. The molecular formula is C20H26N2O4S2. The second-order valence-electron chi connectivity index (χ2n) is 6.11. The van der Waals surface area contributed by atoms with Crippen molar-refractivity contribution in [3.8, 4) is 5.75 Å². The Bertz CT molecular complexity index is 883. The number of hydrogen-bond acceptors (Lipinski definition) is 5. The van der Waals surface area contributed by atoms with E-state index in [4.69, 9.17) is 4.74 Å². The predicted octanol–water partition coefficient (Wildman–Crippen LogP) is 3.99. The number of rotatable bonds is 10. The average molecular weight is 423 g/mol. The van der Waals surface area contributed by atoms with Crippen LogP contribution < -0.4 is 14.4 Å². The molecule has 0 atom stereocenters. The fraction of sp³-hybridized carbons (Fsp3) is 0.350. The van der Waals surface area contributed by atoms with Gasteiger partial charge >= 0.3 is 0 Å². The zero-order chi connectivity index (χ0) is 20.6. The highest BCUT2D eigenvalue weighted by Crippen LogP contribution is 2.27. The quantitative estimate of drug-likeness (QED) is 0.586. The third-order valence-electron chi connectivity index (χ3n) is 3.99. The number of carbonyl (C=O) groups excluding carboxylic acids is 1. The largest absolute Gasteiger partial charge is 0.497 e. The lowest BCUT2D eigenvalue weighted by Crippen LogP contribution is -2.31. The van der Waals surface area contributed by atoms with Crippen molar-refractivity contribution < 1.29 is 17.9 Å². The highest BCUT2D eigenvalue weighted by atomic mass is 32.2. The van der Waals surface area contributed by atoms with Crippen LogP contribution in [0.25, 0.3) is 0 Å². The molecule has 0 aliphatic carbocycles. The van der Waals surface area contributed by atoms with Crippen LogP contribution in [0.4, 0.5) is 11.4 Å². The lowest BCUT2D eigenvalue weighted by Gasteiger charge is -2.22. The molecule has 28 heavy (non-hydrogen) atoms. The summed E-state index contributed by atoms with van der Waals surface area (Å²) in [7, 11) is -1.90. The number of sulfonamides is 1. The van der Waals surface area contributed by atoms with E-state index in [0.29, 0.717) is 17.9 Å². The van der Waals surface area contributed by atoms with E-state index in [1.165, 1.54) is 4.31 Å². The number of hydrogen-bond donors (Lipinski definition) is 1. The molecule has 0 aliphatic heterocycles. The Kier molecular flexibility index (Phi) is 8.19. The molecule has 0 radical (unpaired) electrons. The molecule has 2 aromatic rings. The standard InChI is InChI=1S/C20H26N2O4S2/c1-4-27-19-9-6-5-8-18(19)21-20(23)10-7-15-22(28(3,24)25)16-11-13-17(26-2)14-12-16/h5-6,8-9,11-14H,4,7,10,15H2,1-3H3,(H,21,23). The topological polar surface area (TPSA) is 75.7 Å². The van der Waals surface area contributed by atoms with Gasteiger partial charge in [0.1, 0.15) is 5.75 Å². The van der Waals surface area contributed by atoms with Gasteiger partial charge in [-0.1, -0.05) is 19.1 Å². The smallest absolute Gasteiger partial charge is 0.232 e. The van der Waals surface area contributed by atoms with Crippen molar-refractivity contribution in [2.24, 2.45) is 0 Å². The first-order valence-corrected chi connectivity index (χ1v) is 11.8. The van der Waals surface area contributed by atoms with E-state index in [9.17, 15) is 13.2 Å². The summed E-state index contributed by atoms with van der Waals surface area (Å²) in [4.78, 5) is 13.3. The Morgan fingerprint density at radius 1 is 1.14 bits per heavy atom. The molecule has 0 saturated carbocycles. The normalized spacial score (nSPS) is 11.1. The number of anilines is 2. The van der Waals surface area contributed by atoms with Crippen LogP contribution in [0.1, 0.15) is 19.8 Å². The van der Waals surface area contributed by atoms with Gasteiger partial charge in [-0.25, -0.2) is 8.42 Å². The van der Waals surface area contributed by atoms with Gasteiger partial charge in [0.25, 0.3) is 0 Å². The molecule has 0 bridgehead atoms. The van der Waals surface area contributed by atoms with Crippen molar-refractivity contribution in [3.05, 3.63) is 48.5 Å². The van der Waals surface area contributed by atoms with Crippen molar-refractivity contribution >= 4 is 39.1 Å². The van der Waals surface area contributed by atoms with Gasteiger partial charge in [0.2, 0.25) is 15.9 Å². The SMILES string of the molecule is CCSc1ccccc1NC(=O)CCCN(c1ccc(OC)cc1)S(C)(=O)=O. The fourth-order valence-corrected chi connectivity index (χ4v) is 4.41. The van der Waals surface area contributed by atoms with Crippen LogP contribution in [-0.4, -0.2) is 40.0 Å². The molecule has 2 rings (SSSR count). The number of amides is 1. The van der Waals surface area contributed by atoms with E-state index in [2.05, 4.69) is 12.2 Å². The molecule has 0 unspecified atom stereocenters. The molecule has 0 aliphatic rings. The summed E-state index contributed by atoms with van der Waals surface area (Å²) in [6, 6.07) is 14.5. The van der Waals surface area contributed by atoms with Crippen LogP contribution in [0, 0.1) is 0 Å². The van der Waals surface area contributed by atoms with Crippen LogP contribution in [-0.2, 0) is 14.8 Å². The van der Waals surface area contributed by atoms with E-state index in [1.54, 1.807) is 43.1 Å². The molecule has 0 spiro atoms. The predicted molar refractivity (Wildman–Crippen MR) is 116 cm³/mol. The second kappa shape index (κ2) is 10.4. The van der Waals surface area contributed by atoms with E-state index < -0.39 is 10.0 Å². The Morgan fingerprint density at radius 3 is 2.43 bits per heavy atom. The number of benzene rings is 2. The lowest BCUT2D eigenvalue weighted by molar-refractivity contribution is -0.116. The Labute approximate surface area is 171 Å². The summed E-state index contributed by atoms with van der Waals surface area (Å²) < 4.78 is 30.7. The van der Waals surface area contributed by atoms with Gasteiger partial charge in [0.15, 0.2) is 0 Å². The van der Waals surface area contributed by atoms with Crippen molar-refractivity contribution in [2.45, 2.75) is 24.7 Å². The maximum absolute atomic E-state index is 12.3. The Hall–Kier alpha value is -2.19. The van der Waals surface area contributed by atoms with Gasteiger partial charge in [-0.15, -0.1) is 11.8 Å². The average Bonchev–Trinajstić information content (AvgIpc) is 2.66. The second-order valence-corrected chi connectivity index (χ2v) is 9.33. The summed E-state index contributed by atoms with van der Waals surface area (Å²) in [6.45, 7) is 2.28. The molecule has 6 nitrogen and oxygen atoms in total. The van der Waals surface area contributed by atoms with Crippen LogP contribution in [0.15, 0.2) is 53.4 Å². The summed E-state index contributed by atoms with van der Waals surface area (Å²) >= 11 is 1.66. The van der Waals surface area contributed by atoms with Crippen molar-refractivity contribution in [1.29, 1.82) is 0 Å². The van der Waals surface area contributed by atoms with Crippen LogP contribution >= 0.6 is 11.8 Å². The fourth-order valence-electron chi connectivity index (χ4n) is 2.68. The zero-order valence-corrected chi connectivity index (χ0v) is 18.0. The zero-order valence-electron chi connectivity index (χ0n) is 16.3. The van der Waals surface area contributed by atoms with E-state index in [1.807, 2.05) is 24.3 Å². The van der Waals surface area contributed by atoms with Gasteiger partial charge in [-0.2, -0.15) is 0 Å². The van der Waals surface area contributed by atoms with E-state index in [-0.39, 0.29) is 18.9 Å². The number of nitrogens with zero attached hydrogens (tertiary/aromatic N) is 1. The van der Waals surface area contributed by atoms with Gasteiger partial charge in [-0.3, -0.25) is 9.10 Å². The molecule has 0 fully saturated rings. The number of ether oxygens (including phenoxy) is 1. The minimum absolute atomic E-state index is 0.132. The Balaban J connectivity index is 1.97. The maximum Gasteiger partial charge on any atom is 0.232 e. The first kappa shape index (κ1) is 22.1. The molecule has 2 aromatic carbocycles. The molecule has 1 N–H and O–H groups in total. The van der Waals surface area contributed by atoms with Gasteiger partial charge in [0.05, 0.1) is 24.7 Å². The van der Waals surface area contributed by atoms with Crippen molar-refractivity contribution in [3.63, 3.8) is 0 Å². The van der Waals surface area contributed by atoms with Gasteiger partial charge in [-0.05, 0) is 48.6 Å². The maximum atomic E-state index is 12.3. The van der Waals surface area contributed by atoms with E-state index in [0.717, 1.165) is 22.6 Å². The minimum Gasteiger partial charge on any atom is -0.497 e. The first-order chi connectivity index (χ1) is 13.3. The summed E-state index contributed by atoms with van der Waals surface area (Å²) in [5.41, 5.74) is 1.34. The third-order valence-corrected chi connectivity index (χ3v) is 6.14. The number of methoxy groups -OCH3 is 1. The number of carbonyl (C=O) groups is 1. The molecule has 0 heterocycles. The van der Waals surface area contributed by atoms with Gasteiger partial charge in [0, 0.05) is 17.9 Å². The number of para-hydroxylation sites is 1. The summed E-state index contributed by atoms with van der Waals surface area (Å²) in [5, 5.41) is 2.92. The molecule has 152 valence electrons. The third kappa shape index (κ3) is 6.45. The monoisotopic (exact) mass is 422 g/mol. The molecule has 1 amide bonds. The first-order valence-electron chi connectivity index (χ1n) is 8.98. The van der Waals surface area contributed by atoms with Crippen molar-refractivity contribution in [2.75, 3.05) is 35.3 Å². The highest BCUT2D eigenvalue weighted by Gasteiger charge is 2.18. The van der Waals surface area contributed by atoms with Crippen LogP contribution in [0.3, 0.4) is 0 Å². The highest BCUT2D eigenvalue weighted by molar-refractivity contribution is 7.99. The molecule has 0 saturated heterocycles. The van der Waals surface area contributed by atoms with Crippen molar-refractivity contribution in [1.82, 2.24) is 0 Å². The van der Waals surface area contributed by atoms with Crippen LogP contribution in [0.5, 0.6) is 5.75 Å². The van der Waals surface area contributed by atoms with E-state index >= 15 is 0 Å². The summed E-state index contributed by atoms with van der Waals surface area (Å²) in [5.74, 6) is 1.44. The van der Waals surface area contributed by atoms with Crippen LogP contribution in [0.2, 0.25) is 0 Å². The summed E-state index contributed by atoms with van der Waals surface area (Å²) in [6.07, 6.45) is 1.80. The minimum atomic E-state index is -3.45. The number of nitrogens with one attached hydrogen (secondary N) is 1. The Morgan fingerprint density at radius 2 is 1.82 bits per heavy atom. The molecular weight excluding hydrogens is 396 g/mol. The molecule has 0 aromatic heterocycles.